The maximum atomic E-state index is 12.0. The van der Waals surface area contributed by atoms with Gasteiger partial charge in [0, 0.05) is 18.2 Å². The number of hydrogen-bond donors (Lipinski definition) is 2. The quantitative estimate of drug-likeness (QED) is 0.783. The fourth-order valence-corrected chi connectivity index (χ4v) is 2.11. The van der Waals surface area contributed by atoms with Crippen LogP contribution in [0.1, 0.15) is 56.0 Å². The maximum Gasteiger partial charge on any atom is 0.251 e. The second kappa shape index (κ2) is 6.40. The van der Waals surface area contributed by atoms with Crippen LogP contribution in [0.5, 0.6) is 0 Å². The summed E-state index contributed by atoms with van der Waals surface area (Å²) in [5.41, 5.74) is 2.12. The zero-order valence-electron chi connectivity index (χ0n) is 12.8. The SMILES string of the molecule is CC(C)(C)c1ccc(C(=O)NCCCNC2CC2)cc1. The van der Waals surface area contributed by atoms with Gasteiger partial charge in [-0.3, -0.25) is 4.79 Å². The van der Waals surface area contributed by atoms with E-state index in [9.17, 15) is 4.79 Å². The number of rotatable bonds is 6. The first-order valence-corrected chi connectivity index (χ1v) is 7.59. The van der Waals surface area contributed by atoms with Crippen molar-refractivity contribution >= 4 is 5.91 Å². The molecule has 0 spiro atoms. The summed E-state index contributed by atoms with van der Waals surface area (Å²) in [4.78, 5) is 12.0. The van der Waals surface area contributed by atoms with E-state index in [1.807, 2.05) is 24.3 Å². The van der Waals surface area contributed by atoms with Gasteiger partial charge < -0.3 is 10.6 Å². The second-order valence-electron chi connectivity index (χ2n) is 6.67. The van der Waals surface area contributed by atoms with Gasteiger partial charge in [-0.05, 0) is 48.9 Å². The van der Waals surface area contributed by atoms with Crippen molar-refractivity contribution in [2.24, 2.45) is 0 Å². The fraction of sp³-hybridized carbons (Fsp3) is 0.588. The number of carbonyl (C=O) groups is 1. The minimum Gasteiger partial charge on any atom is -0.352 e. The largest absolute Gasteiger partial charge is 0.352 e. The summed E-state index contributed by atoms with van der Waals surface area (Å²) < 4.78 is 0. The predicted molar refractivity (Wildman–Crippen MR) is 83.1 cm³/mol. The van der Waals surface area contributed by atoms with Gasteiger partial charge in [-0.15, -0.1) is 0 Å². The number of nitrogens with one attached hydrogen (secondary N) is 2. The van der Waals surface area contributed by atoms with Crippen LogP contribution in [-0.4, -0.2) is 25.0 Å². The first-order valence-electron chi connectivity index (χ1n) is 7.59. The second-order valence-corrected chi connectivity index (χ2v) is 6.67. The summed E-state index contributed by atoms with van der Waals surface area (Å²) in [6.07, 6.45) is 3.61. The lowest BCUT2D eigenvalue weighted by atomic mass is 9.87. The molecule has 1 aromatic carbocycles. The molecule has 1 fully saturated rings. The zero-order valence-corrected chi connectivity index (χ0v) is 12.8. The monoisotopic (exact) mass is 274 g/mol. The summed E-state index contributed by atoms with van der Waals surface area (Å²) in [6, 6.07) is 8.67. The van der Waals surface area contributed by atoms with E-state index in [0.717, 1.165) is 31.1 Å². The molecule has 20 heavy (non-hydrogen) atoms. The molecule has 3 nitrogen and oxygen atoms in total. The van der Waals surface area contributed by atoms with Crippen molar-refractivity contribution in [3.8, 4) is 0 Å². The molecular formula is C17H26N2O. The molecule has 3 heteroatoms. The highest BCUT2D eigenvalue weighted by molar-refractivity contribution is 5.94. The molecule has 1 amide bonds. The maximum absolute atomic E-state index is 12.0. The molecule has 0 saturated heterocycles. The highest BCUT2D eigenvalue weighted by Crippen LogP contribution is 2.22. The molecule has 1 aliphatic carbocycles. The third-order valence-electron chi connectivity index (χ3n) is 3.66. The molecule has 0 radical (unpaired) electrons. The number of benzene rings is 1. The van der Waals surface area contributed by atoms with Crippen LogP contribution in [0.25, 0.3) is 0 Å². The molecule has 1 saturated carbocycles. The Morgan fingerprint density at radius 2 is 1.80 bits per heavy atom. The molecule has 110 valence electrons. The molecule has 1 aromatic rings. The Bertz CT molecular complexity index is 441. The van der Waals surface area contributed by atoms with Crippen molar-refractivity contribution in [1.82, 2.24) is 10.6 Å². The third kappa shape index (κ3) is 4.64. The van der Waals surface area contributed by atoms with Crippen molar-refractivity contribution in [3.05, 3.63) is 35.4 Å². The lowest BCUT2D eigenvalue weighted by Gasteiger charge is -2.19. The van der Waals surface area contributed by atoms with E-state index in [2.05, 4.69) is 31.4 Å². The van der Waals surface area contributed by atoms with Gasteiger partial charge in [0.15, 0.2) is 0 Å². The normalized spacial score (nSPS) is 15.2. The molecule has 0 aromatic heterocycles. The van der Waals surface area contributed by atoms with Crippen LogP contribution < -0.4 is 10.6 Å². The van der Waals surface area contributed by atoms with Gasteiger partial charge >= 0.3 is 0 Å². The Balaban J connectivity index is 1.73. The van der Waals surface area contributed by atoms with Crippen molar-refractivity contribution in [2.75, 3.05) is 13.1 Å². The van der Waals surface area contributed by atoms with Crippen LogP contribution >= 0.6 is 0 Å². The number of hydrogen-bond acceptors (Lipinski definition) is 2. The van der Waals surface area contributed by atoms with E-state index >= 15 is 0 Å². The molecular weight excluding hydrogens is 248 g/mol. The van der Waals surface area contributed by atoms with Crippen LogP contribution in [-0.2, 0) is 5.41 Å². The van der Waals surface area contributed by atoms with Crippen molar-refractivity contribution < 1.29 is 4.79 Å². The Hall–Kier alpha value is -1.35. The lowest BCUT2D eigenvalue weighted by Crippen LogP contribution is -2.28. The Morgan fingerprint density at radius 1 is 1.15 bits per heavy atom. The Morgan fingerprint density at radius 3 is 2.35 bits per heavy atom. The summed E-state index contributed by atoms with van der Waals surface area (Å²) in [7, 11) is 0. The van der Waals surface area contributed by atoms with Crippen molar-refractivity contribution in [3.63, 3.8) is 0 Å². The van der Waals surface area contributed by atoms with Crippen LogP contribution in [0, 0.1) is 0 Å². The summed E-state index contributed by atoms with van der Waals surface area (Å²) in [5.74, 6) is 0.0249. The molecule has 0 aliphatic heterocycles. The summed E-state index contributed by atoms with van der Waals surface area (Å²) in [5, 5.41) is 6.42. The first-order chi connectivity index (χ1) is 9.47. The van der Waals surface area contributed by atoms with Crippen LogP contribution in [0.3, 0.4) is 0 Å². The molecule has 2 rings (SSSR count). The predicted octanol–water partition coefficient (Wildman–Crippen LogP) is 2.86. The van der Waals surface area contributed by atoms with Gasteiger partial charge in [0.2, 0.25) is 0 Å². The zero-order chi connectivity index (χ0) is 14.6. The molecule has 0 atom stereocenters. The molecule has 2 N–H and O–H groups in total. The van der Waals surface area contributed by atoms with Crippen molar-refractivity contribution in [2.45, 2.75) is 51.5 Å². The smallest absolute Gasteiger partial charge is 0.251 e. The van der Waals surface area contributed by atoms with Crippen LogP contribution in [0.2, 0.25) is 0 Å². The topological polar surface area (TPSA) is 41.1 Å². The van der Waals surface area contributed by atoms with E-state index < -0.39 is 0 Å². The average molecular weight is 274 g/mol. The van der Waals surface area contributed by atoms with E-state index in [1.54, 1.807) is 0 Å². The Kier molecular flexibility index (Phi) is 4.81. The highest BCUT2D eigenvalue weighted by Gasteiger charge is 2.19. The number of amides is 1. The number of carbonyl (C=O) groups excluding carboxylic acids is 1. The molecule has 1 aliphatic rings. The van der Waals surface area contributed by atoms with Crippen LogP contribution in [0.15, 0.2) is 24.3 Å². The standard InChI is InChI=1S/C17H26N2O/c1-17(2,3)14-7-5-13(6-8-14)16(20)19-12-4-11-18-15-9-10-15/h5-8,15,18H,4,9-12H2,1-3H3,(H,19,20). The fourth-order valence-electron chi connectivity index (χ4n) is 2.11. The Labute approximate surface area is 122 Å². The van der Waals surface area contributed by atoms with Gasteiger partial charge in [-0.1, -0.05) is 32.9 Å². The summed E-state index contributed by atoms with van der Waals surface area (Å²) in [6.45, 7) is 8.26. The molecule has 0 bridgehead atoms. The summed E-state index contributed by atoms with van der Waals surface area (Å²) >= 11 is 0. The third-order valence-corrected chi connectivity index (χ3v) is 3.66. The van der Waals surface area contributed by atoms with E-state index in [-0.39, 0.29) is 11.3 Å². The lowest BCUT2D eigenvalue weighted by molar-refractivity contribution is 0.0953. The van der Waals surface area contributed by atoms with Gasteiger partial charge in [-0.25, -0.2) is 0 Å². The average Bonchev–Trinajstić information content (AvgIpc) is 3.21. The van der Waals surface area contributed by atoms with Gasteiger partial charge in [-0.2, -0.15) is 0 Å². The van der Waals surface area contributed by atoms with Crippen molar-refractivity contribution in [1.29, 1.82) is 0 Å². The van der Waals surface area contributed by atoms with E-state index in [4.69, 9.17) is 0 Å². The van der Waals surface area contributed by atoms with Gasteiger partial charge in [0.1, 0.15) is 0 Å². The molecule has 0 heterocycles. The van der Waals surface area contributed by atoms with E-state index in [0.29, 0.717) is 0 Å². The van der Waals surface area contributed by atoms with Crippen LogP contribution in [0.4, 0.5) is 0 Å². The highest BCUT2D eigenvalue weighted by atomic mass is 16.1. The van der Waals surface area contributed by atoms with Gasteiger partial charge in [0.25, 0.3) is 5.91 Å². The molecule has 0 unspecified atom stereocenters. The minimum atomic E-state index is 0.0249. The first kappa shape index (κ1) is 15.0. The minimum absolute atomic E-state index is 0.0249. The van der Waals surface area contributed by atoms with E-state index in [1.165, 1.54) is 18.4 Å². The van der Waals surface area contributed by atoms with Gasteiger partial charge in [0.05, 0.1) is 0 Å².